The second kappa shape index (κ2) is 8.63. The summed E-state index contributed by atoms with van der Waals surface area (Å²) < 4.78 is 2.19. The van der Waals surface area contributed by atoms with E-state index in [-0.39, 0.29) is 11.6 Å². The highest BCUT2D eigenvalue weighted by atomic mass is 16.2. The Labute approximate surface area is 176 Å². The molecule has 1 N–H and O–H groups in total. The van der Waals surface area contributed by atoms with Crippen molar-refractivity contribution in [3.05, 3.63) is 66.4 Å². The molecule has 2 aromatic carbocycles. The first kappa shape index (κ1) is 20.0. The number of para-hydroxylation sites is 2. The molecule has 1 fully saturated rings. The highest BCUT2D eigenvalue weighted by Crippen LogP contribution is 2.32. The van der Waals surface area contributed by atoms with E-state index in [2.05, 4.69) is 39.9 Å². The quantitative estimate of drug-likeness (QED) is 0.486. The predicted molar refractivity (Wildman–Crippen MR) is 119 cm³/mol. The molecule has 3 aromatic rings. The monoisotopic (exact) mass is 402 g/mol. The van der Waals surface area contributed by atoms with Gasteiger partial charge in [-0.2, -0.15) is 0 Å². The molecule has 0 bridgehead atoms. The van der Waals surface area contributed by atoms with Gasteiger partial charge in [0.2, 0.25) is 5.91 Å². The van der Waals surface area contributed by atoms with Crippen LogP contribution in [0.15, 0.2) is 65.8 Å². The predicted octanol–water partition coefficient (Wildman–Crippen LogP) is 3.50. The molecule has 1 unspecified atom stereocenters. The van der Waals surface area contributed by atoms with Crippen LogP contribution >= 0.6 is 0 Å². The molecule has 1 aliphatic heterocycles. The second-order valence-electron chi connectivity index (χ2n) is 7.89. The van der Waals surface area contributed by atoms with Crippen molar-refractivity contribution in [2.75, 3.05) is 20.6 Å². The van der Waals surface area contributed by atoms with Crippen molar-refractivity contribution in [3.8, 4) is 0 Å². The molecule has 1 saturated heterocycles. The molecule has 2 amide bonds. The molecule has 1 aromatic heterocycles. The number of unbranched alkanes of at least 4 members (excludes halogenated alkanes) is 1. The van der Waals surface area contributed by atoms with Gasteiger partial charge in [0.25, 0.3) is 5.91 Å². The fraction of sp³-hybridized carbons (Fsp3) is 0.292. The Morgan fingerprint density at radius 3 is 2.50 bits per heavy atom. The number of nitrogens with one attached hydrogen (secondary N) is 1. The molecule has 6 heteroatoms. The fourth-order valence-electron chi connectivity index (χ4n) is 3.95. The van der Waals surface area contributed by atoms with Crippen LogP contribution in [0.4, 0.5) is 5.69 Å². The third-order valence-corrected chi connectivity index (χ3v) is 5.40. The van der Waals surface area contributed by atoms with Gasteiger partial charge in [-0.05, 0) is 57.2 Å². The number of benzene rings is 2. The van der Waals surface area contributed by atoms with Crippen LogP contribution in [-0.2, 0) is 16.1 Å². The van der Waals surface area contributed by atoms with Gasteiger partial charge in [0.15, 0.2) is 0 Å². The molecule has 30 heavy (non-hydrogen) atoms. The lowest BCUT2D eigenvalue weighted by Crippen LogP contribution is -2.22. The number of amides is 2. The van der Waals surface area contributed by atoms with Gasteiger partial charge in [-0.25, -0.2) is 4.99 Å². The zero-order valence-electron chi connectivity index (χ0n) is 17.3. The van der Waals surface area contributed by atoms with Crippen LogP contribution in [0.25, 0.3) is 10.9 Å². The number of hydrogen-bond acceptors (Lipinski definition) is 4. The van der Waals surface area contributed by atoms with Gasteiger partial charge in [0.1, 0.15) is 11.6 Å². The average molecular weight is 402 g/mol. The van der Waals surface area contributed by atoms with Crippen LogP contribution in [0.5, 0.6) is 0 Å². The molecule has 0 spiro atoms. The SMILES string of the molecule is CN(C)CCCCn1cc(C2C(=O)NC(=O)C2=Nc2ccccc2)c2ccccc21. The molecule has 154 valence electrons. The van der Waals surface area contributed by atoms with E-state index < -0.39 is 11.8 Å². The van der Waals surface area contributed by atoms with Crippen LogP contribution in [-0.4, -0.2) is 47.6 Å². The minimum Gasteiger partial charge on any atom is -0.347 e. The summed E-state index contributed by atoms with van der Waals surface area (Å²) in [5.41, 5.74) is 2.82. The largest absolute Gasteiger partial charge is 0.347 e. The summed E-state index contributed by atoms with van der Waals surface area (Å²) in [6, 6.07) is 17.3. The van der Waals surface area contributed by atoms with E-state index in [1.54, 1.807) is 0 Å². The first-order chi connectivity index (χ1) is 14.5. The van der Waals surface area contributed by atoms with Gasteiger partial charge >= 0.3 is 0 Å². The third kappa shape index (κ3) is 4.04. The van der Waals surface area contributed by atoms with E-state index in [0.717, 1.165) is 42.4 Å². The van der Waals surface area contributed by atoms with Gasteiger partial charge in [-0.1, -0.05) is 36.4 Å². The number of carbonyl (C=O) groups is 2. The Hall–Kier alpha value is -3.25. The summed E-state index contributed by atoms with van der Waals surface area (Å²) in [5, 5.41) is 3.44. The lowest BCUT2D eigenvalue weighted by atomic mass is 9.95. The van der Waals surface area contributed by atoms with Crippen molar-refractivity contribution in [1.29, 1.82) is 0 Å². The maximum atomic E-state index is 12.7. The number of hydrogen-bond donors (Lipinski definition) is 1. The Morgan fingerprint density at radius 1 is 1.00 bits per heavy atom. The maximum Gasteiger partial charge on any atom is 0.273 e. The Balaban J connectivity index is 1.71. The van der Waals surface area contributed by atoms with Crippen molar-refractivity contribution in [2.24, 2.45) is 4.99 Å². The van der Waals surface area contributed by atoms with Gasteiger partial charge in [-0.15, -0.1) is 0 Å². The van der Waals surface area contributed by atoms with E-state index in [9.17, 15) is 9.59 Å². The van der Waals surface area contributed by atoms with Crippen molar-refractivity contribution < 1.29 is 9.59 Å². The standard InChI is InChI=1S/C24H26N4O2/c1-27(2)14-8-9-15-28-16-19(18-12-6-7-13-20(18)28)21-22(24(30)26-23(21)29)25-17-10-4-3-5-11-17/h3-7,10-13,16,21H,8-9,14-15H2,1-2H3,(H,26,29,30). The van der Waals surface area contributed by atoms with E-state index in [1.165, 1.54) is 0 Å². The number of aliphatic imine (C=N–C) groups is 1. The number of imide groups is 1. The van der Waals surface area contributed by atoms with Gasteiger partial charge in [0.05, 0.1) is 5.69 Å². The smallest absolute Gasteiger partial charge is 0.273 e. The van der Waals surface area contributed by atoms with Crippen molar-refractivity contribution in [2.45, 2.75) is 25.3 Å². The zero-order valence-corrected chi connectivity index (χ0v) is 17.3. The minimum atomic E-state index is -0.703. The van der Waals surface area contributed by atoms with Gasteiger partial charge < -0.3 is 9.47 Å². The van der Waals surface area contributed by atoms with Crippen molar-refractivity contribution in [3.63, 3.8) is 0 Å². The number of nitrogens with zero attached hydrogens (tertiary/aromatic N) is 3. The van der Waals surface area contributed by atoms with E-state index >= 15 is 0 Å². The minimum absolute atomic E-state index is 0.252. The second-order valence-corrected chi connectivity index (χ2v) is 7.89. The number of aromatic nitrogens is 1. The highest BCUT2D eigenvalue weighted by Gasteiger charge is 2.40. The number of rotatable bonds is 7. The molecule has 4 rings (SSSR count). The summed E-state index contributed by atoms with van der Waals surface area (Å²) >= 11 is 0. The van der Waals surface area contributed by atoms with Crippen LogP contribution in [0.2, 0.25) is 0 Å². The Morgan fingerprint density at radius 2 is 1.73 bits per heavy atom. The molecule has 1 aliphatic rings. The van der Waals surface area contributed by atoms with Crippen molar-refractivity contribution in [1.82, 2.24) is 14.8 Å². The fourth-order valence-corrected chi connectivity index (χ4v) is 3.95. The van der Waals surface area contributed by atoms with E-state index in [4.69, 9.17) is 0 Å². The molecule has 0 radical (unpaired) electrons. The first-order valence-electron chi connectivity index (χ1n) is 10.3. The zero-order chi connectivity index (χ0) is 21.1. The normalized spacial score (nSPS) is 18.0. The number of aryl methyl sites for hydroxylation is 1. The van der Waals surface area contributed by atoms with Crippen LogP contribution in [0.1, 0.15) is 24.3 Å². The van der Waals surface area contributed by atoms with Gasteiger partial charge in [0, 0.05) is 23.6 Å². The average Bonchev–Trinajstić information content (AvgIpc) is 3.22. The van der Waals surface area contributed by atoms with E-state index in [0.29, 0.717) is 5.69 Å². The summed E-state index contributed by atoms with van der Waals surface area (Å²) in [4.78, 5) is 32.0. The number of carbonyl (C=O) groups excluding carboxylic acids is 2. The maximum absolute atomic E-state index is 12.7. The van der Waals surface area contributed by atoms with Crippen LogP contribution in [0, 0.1) is 0 Å². The molecule has 6 nitrogen and oxygen atoms in total. The molecule has 1 atom stereocenters. The van der Waals surface area contributed by atoms with Crippen LogP contribution < -0.4 is 5.32 Å². The van der Waals surface area contributed by atoms with E-state index in [1.807, 2.05) is 54.7 Å². The number of fused-ring (bicyclic) bond motifs is 1. The Kier molecular flexibility index (Phi) is 5.77. The lowest BCUT2D eigenvalue weighted by molar-refractivity contribution is -0.124. The molecular formula is C24H26N4O2. The molecule has 0 aliphatic carbocycles. The first-order valence-corrected chi connectivity index (χ1v) is 10.3. The summed E-state index contributed by atoms with van der Waals surface area (Å²) in [6.07, 6.45) is 4.15. The highest BCUT2D eigenvalue weighted by molar-refractivity contribution is 6.52. The molecule has 2 heterocycles. The van der Waals surface area contributed by atoms with Crippen LogP contribution in [0.3, 0.4) is 0 Å². The third-order valence-electron chi connectivity index (χ3n) is 5.40. The topological polar surface area (TPSA) is 66.7 Å². The summed E-state index contributed by atoms with van der Waals surface area (Å²) in [5.74, 6) is -1.44. The van der Waals surface area contributed by atoms with Crippen molar-refractivity contribution >= 4 is 34.1 Å². The Bertz CT molecular complexity index is 1100. The lowest BCUT2D eigenvalue weighted by Gasteiger charge is -2.10. The van der Waals surface area contributed by atoms with Gasteiger partial charge in [-0.3, -0.25) is 14.9 Å². The molecular weight excluding hydrogens is 376 g/mol. The molecule has 0 saturated carbocycles. The summed E-state index contributed by atoms with van der Waals surface area (Å²) in [6.45, 7) is 1.90. The summed E-state index contributed by atoms with van der Waals surface area (Å²) in [7, 11) is 4.15.